The number of likely N-dealkylation sites (tertiary alicyclic amines) is 1. The van der Waals surface area contributed by atoms with E-state index >= 15 is 0 Å². The Kier molecular flexibility index (Phi) is 9.56. The first-order valence-corrected chi connectivity index (χ1v) is 15.7. The number of carbonyl (C=O) groups is 2. The maximum Gasteiger partial charge on any atom is 0.262 e. The van der Waals surface area contributed by atoms with Crippen LogP contribution < -0.4 is 10.6 Å². The molecule has 2 heterocycles. The van der Waals surface area contributed by atoms with E-state index in [-0.39, 0.29) is 17.9 Å². The van der Waals surface area contributed by atoms with Gasteiger partial charge in [-0.05, 0) is 100 Å². The lowest BCUT2D eigenvalue weighted by atomic mass is 9.94. The van der Waals surface area contributed by atoms with Crippen LogP contribution in [-0.2, 0) is 16.0 Å². The fourth-order valence-electron chi connectivity index (χ4n) is 6.12. The maximum absolute atomic E-state index is 13.9. The first-order valence-electron chi connectivity index (χ1n) is 14.8. The van der Waals surface area contributed by atoms with E-state index in [1.54, 1.807) is 0 Å². The van der Waals surface area contributed by atoms with E-state index in [0.717, 1.165) is 48.0 Å². The van der Waals surface area contributed by atoms with Crippen molar-refractivity contribution in [1.82, 2.24) is 15.5 Å². The lowest BCUT2D eigenvalue weighted by Gasteiger charge is -2.31. The predicted octanol–water partition coefficient (Wildman–Crippen LogP) is 5.73. The van der Waals surface area contributed by atoms with Crippen molar-refractivity contribution in [3.63, 3.8) is 0 Å². The maximum atomic E-state index is 13.9. The number of aryl methyl sites for hydroxylation is 1. The number of amides is 2. The number of benzene rings is 2. The van der Waals surface area contributed by atoms with E-state index in [9.17, 15) is 9.59 Å². The van der Waals surface area contributed by atoms with Crippen LogP contribution >= 0.6 is 11.3 Å². The van der Waals surface area contributed by atoms with Crippen LogP contribution in [0.3, 0.4) is 0 Å². The second-order valence-electron chi connectivity index (χ2n) is 11.9. The summed E-state index contributed by atoms with van der Waals surface area (Å²) in [6, 6.07) is 18.2. The molecule has 1 saturated carbocycles. The molecule has 6 nitrogen and oxygen atoms in total. The predicted molar refractivity (Wildman–Crippen MR) is 163 cm³/mol. The Morgan fingerprint density at radius 3 is 2.58 bits per heavy atom. The van der Waals surface area contributed by atoms with Crippen LogP contribution in [0.4, 0.5) is 0 Å². The summed E-state index contributed by atoms with van der Waals surface area (Å²) < 4.78 is 7.27. The van der Waals surface area contributed by atoms with Gasteiger partial charge in [0, 0.05) is 11.3 Å². The molecule has 0 spiro atoms. The lowest BCUT2D eigenvalue weighted by Crippen LogP contribution is -2.59. The zero-order chi connectivity index (χ0) is 28.0. The molecule has 2 aromatic carbocycles. The molecule has 1 saturated heterocycles. The highest BCUT2D eigenvalue weighted by Gasteiger charge is 2.43. The van der Waals surface area contributed by atoms with Crippen molar-refractivity contribution in [3.05, 3.63) is 70.6 Å². The highest BCUT2D eigenvalue weighted by molar-refractivity contribution is 7.20. The average molecular weight is 562 g/mol. The Balaban J connectivity index is 1.23. The van der Waals surface area contributed by atoms with Gasteiger partial charge in [0.2, 0.25) is 5.91 Å². The van der Waals surface area contributed by atoms with Gasteiger partial charge in [-0.25, -0.2) is 0 Å². The first kappa shape index (κ1) is 28.8. The summed E-state index contributed by atoms with van der Waals surface area (Å²) in [5.41, 5.74) is 1.45. The minimum absolute atomic E-state index is 0.0878. The van der Waals surface area contributed by atoms with E-state index in [1.165, 1.54) is 29.7 Å². The van der Waals surface area contributed by atoms with Crippen molar-refractivity contribution in [2.75, 3.05) is 33.4 Å². The number of nitrogens with one attached hydrogen (secondary N) is 2. The third kappa shape index (κ3) is 7.31. The molecule has 214 valence electrons. The molecule has 1 atom stereocenters. The van der Waals surface area contributed by atoms with Crippen LogP contribution in [0.25, 0.3) is 10.1 Å². The van der Waals surface area contributed by atoms with Gasteiger partial charge < -0.3 is 20.3 Å². The molecule has 2 N–H and O–H groups in total. The highest BCUT2D eigenvalue weighted by atomic mass is 32.1. The standard InChI is InChI=1S/C33H43N3O3S/c1-24-10-11-27-22-30(40-29(27)20-24)31(37)35-33(15-6-7-16-33)32(38)34-28(21-26-8-4-3-5-9-26)23-39-19-14-25-12-17-36(2)18-13-25/h3-5,8-11,20,22,25,28H,6-7,12-19,21,23H2,1-2H3,(H,34,38)(H,35,37)/t28-/m1/s1. The average Bonchev–Trinajstić information content (AvgIpc) is 3.60. The van der Waals surface area contributed by atoms with Gasteiger partial charge in [0.05, 0.1) is 17.5 Å². The molecule has 0 bridgehead atoms. The van der Waals surface area contributed by atoms with Gasteiger partial charge >= 0.3 is 0 Å². The van der Waals surface area contributed by atoms with Gasteiger partial charge in [-0.2, -0.15) is 0 Å². The Bertz CT molecular complexity index is 1280. The fraction of sp³-hybridized carbons (Fsp3) is 0.515. The molecule has 0 radical (unpaired) electrons. The van der Waals surface area contributed by atoms with Gasteiger partial charge in [0.25, 0.3) is 5.91 Å². The zero-order valence-corrected chi connectivity index (χ0v) is 24.7. The molecule has 3 aromatic rings. The molecule has 2 amide bonds. The summed E-state index contributed by atoms with van der Waals surface area (Å²) >= 11 is 1.49. The number of piperidine rings is 1. The van der Waals surface area contributed by atoms with Crippen LogP contribution in [0.15, 0.2) is 54.6 Å². The molecular weight excluding hydrogens is 518 g/mol. The van der Waals surface area contributed by atoms with E-state index in [2.05, 4.69) is 59.8 Å². The van der Waals surface area contributed by atoms with Crippen molar-refractivity contribution in [2.24, 2.45) is 5.92 Å². The Morgan fingerprint density at radius 2 is 1.82 bits per heavy atom. The van der Waals surface area contributed by atoms with Crippen molar-refractivity contribution >= 4 is 33.2 Å². The van der Waals surface area contributed by atoms with Gasteiger partial charge in [0.15, 0.2) is 0 Å². The molecule has 2 fully saturated rings. The second kappa shape index (κ2) is 13.3. The van der Waals surface area contributed by atoms with Crippen LogP contribution in [0, 0.1) is 12.8 Å². The summed E-state index contributed by atoms with van der Waals surface area (Å²) in [4.78, 5) is 30.3. The minimum atomic E-state index is -0.883. The van der Waals surface area contributed by atoms with Crippen LogP contribution in [0.5, 0.6) is 0 Å². The summed E-state index contributed by atoms with van der Waals surface area (Å²) in [5.74, 6) is 0.466. The quantitative estimate of drug-likeness (QED) is 0.294. The molecule has 0 unspecified atom stereocenters. The molecule has 2 aliphatic rings. The Hall–Kier alpha value is -2.74. The second-order valence-corrected chi connectivity index (χ2v) is 12.9. The third-order valence-electron chi connectivity index (χ3n) is 8.63. The highest BCUT2D eigenvalue weighted by Crippen LogP contribution is 2.32. The molecule has 7 heteroatoms. The Labute approximate surface area is 242 Å². The Morgan fingerprint density at radius 1 is 1.07 bits per heavy atom. The smallest absolute Gasteiger partial charge is 0.262 e. The summed E-state index contributed by atoms with van der Waals surface area (Å²) in [5, 5.41) is 7.54. The number of fused-ring (bicyclic) bond motifs is 1. The molecule has 40 heavy (non-hydrogen) atoms. The number of nitrogens with zero attached hydrogens (tertiary/aromatic N) is 1. The van der Waals surface area contributed by atoms with Gasteiger partial charge in [-0.15, -0.1) is 11.3 Å². The van der Waals surface area contributed by atoms with Gasteiger partial charge in [-0.1, -0.05) is 55.3 Å². The number of hydrogen-bond acceptors (Lipinski definition) is 5. The summed E-state index contributed by atoms with van der Waals surface area (Å²) in [6.45, 7) is 5.55. The molecular formula is C33H43N3O3S. The topological polar surface area (TPSA) is 70.7 Å². The molecule has 1 aliphatic heterocycles. The first-order chi connectivity index (χ1) is 19.4. The van der Waals surface area contributed by atoms with Crippen molar-refractivity contribution in [2.45, 2.75) is 69.9 Å². The third-order valence-corrected chi connectivity index (χ3v) is 9.73. The van der Waals surface area contributed by atoms with E-state index in [0.29, 0.717) is 43.3 Å². The zero-order valence-electron chi connectivity index (χ0n) is 23.9. The van der Waals surface area contributed by atoms with Crippen molar-refractivity contribution < 1.29 is 14.3 Å². The number of thiophene rings is 1. The van der Waals surface area contributed by atoms with Gasteiger partial charge in [-0.3, -0.25) is 9.59 Å². The monoisotopic (exact) mass is 561 g/mol. The summed E-state index contributed by atoms with van der Waals surface area (Å²) in [7, 11) is 2.19. The van der Waals surface area contributed by atoms with E-state index < -0.39 is 5.54 Å². The lowest BCUT2D eigenvalue weighted by molar-refractivity contribution is -0.128. The van der Waals surface area contributed by atoms with Crippen molar-refractivity contribution in [1.29, 1.82) is 0 Å². The van der Waals surface area contributed by atoms with E-state index in [4.69, 9.17) is 4.74 Å². The largest absolute Gasteiger partial charge is 0.379 e. The number of rotatable bonds is 11. The minimum Gasteiger partial charge on any atom is -0.379 e. The van der Waals surface area contributed by atoms with E-state index in [1.807, 2.05) is 24.3 Å². The number of hydrogen-bond donors (Lipinski definition) is 2. The SMILES string of the molecule is Cc1ccc2cc(C(=O)NC3(C(=O)N[C@@H](COCCC4CCN(C)CC4)Cc4ccccc4)CCCC3)sc2c1. The molecule has 1 aromatic heterocycles. The van der Waals surface area contributed by atoms with Crippen LogP contribution in [0.1, 0.15) is 65.7 Å². The number of ether oxygens (including phenoxy) is 1. The molecule has 1 aliphatic carbocycles. The number of carbonyl (C=O) groups excluding carboxylic acids is 2. The normalized spacial score (nSPS) is 18.6. The van der Waals surface area contributed by atoms with Crippen LogP contribution in [-0.4, -0.2) is 61.6 Å². The van der Waals surface area contributed by atoms with Crippen LogP contribution in [0.2, 0.25) is 0 Å². The fourth-order valence-corrected chi connectivity index (χ4v) is 7.17. The molecule has 5 rings (SSSR count). The summed E-state index contributed by atoms with van der Waals surface area (Å²) in [6.07, 6.45) is 7.38. The van der Waals surface area contributed by atoms with Crippen molar-refractivity contribution in [3.8, 4) is 0 Å². The van der Waals surface area contributed by atoms with Gasteiger partial charge in [0.1, 0.15) is 5.54 Å².